The van der Waals surface area contributed by atoms with Crippen LogP contribution < -0.4 is 15.9 Å². The standard InChI is InChI=1S/C39H34NOP/c1-39(2,3)33-23-19-31(20-24-33)38-28-32(27-37(40-38)30-13-7-4-8-14-30)29-21-25-36(26-22-29)42(41,34-15-9-5-10-16-34)35-17-11-6-12-18-35/h4-28H,1-3H3. The Balaban J connectivity index is 1.45. The van der Waals surface area contributed by atoms with Crippen molar-refractivity contribution in [1.82, 2.24) is 4.98 Å². The van der Waals surface area contributed by atoms with E-state index in [1.165, 1.54) is 5.56 Å². The fourth-order valence-corrected chi connectivity index (χ4v) is 7.98. The smallest absolute Gasteiger partial charge is 0.171 e. The summed E-state index contributed by atoms with van der Waals surface area (Å²) in [6.07, 6.45) is 0. The Morgan fingerprint density at radius 2 is 0.857 bits per heavy atom. The van der Waals surface area contributed by atoms with Crippen molar-refractivity contribution in [3.8, 4) is 33.6 Å². The second-order valence-corrected chi connectivity index (χ2v) is 14.4. The minimum Gasteiger partial charge on any atom is -0.309 e. The first-order chi connectivity index (χ1) is 20.3. The van der Waals surface area contributed by atoms with Crippen LogP contribution >= 0.6 is 7.14 Å². The second-order valence-electron chi connectivity index (χ2n) is 11.6. The number of aromatic nitrogens is 1. The van der Waals surface area contributed by atoms with Crippen LogP contribution in [0.2, 0.25) is 0 Å². The minimum atomic E-state index is -3.03. The molecule has 0 radical (unpaired) electrons. The van der Waals surface area contributed by atoms with E-state index < -0.39 is 7.14 Å². The van der Waals surface area contributed by atoms with Gasteiger partial charge in [-0.1, -0.05) is 160 Å². The van der Waals surface area contributed by atoms with E-state index in [1.54, 1.807) is 0 Å². The van der Waals surface area contributed by atoms with Crippen LogP contribution in [0.5, 0.6) is 0 Å². The highest BCUT2D eigenvalue weighted by molar-refractivity contribution is 7.85. The molecule has 0 fully saturated rings. The summed E-state index contributed by atoms with van der Waals surface area (Å²) in [7, 11) is -3.03. The van der Waals surface area contributed by atoms with E-state index in [-0.39, 0.29) is 5.41 Å². The first kappa shape index (κ1) is 27.6. The van der Waals surface area contributed by atoms with Gasteiger partial charge in [0.25, 0.3) is 0 Å². The summed E-state index contributed by atoms with van der Waals surface area (Å²) in [6, 6.07) is 51.2. The summed E-state index contributed by atoms with van der Waals surface area (Å²) in [6.45, 7) is 6.69. The molecular formula is C39H34NOP. The molecule has 2 nitrogen and oxygen atoms in total. The molecule has 1 aromatic heterocycles. The lowest BCUT2D eigenvalue weighted by Gasteiger charge is -2.20. The highest BCUT2D eigenvalue weighted by Gasteiger charge is 2.29. The summed E-state index contributed by atoms with van der Waals surface area (Å²) in [4.78, 5) is 5.08. The van der Waals surface area contributed by atoms with Gasteiger partial charge in [-0.15, -0.1) is 0 Å². The van der Waals surface area contributed by atoms with E-state index in [9.17, 15) is 4.57 Å². The molecule has 0 saturated carbocycles. The lowest BCUT2D eigenvalue weighted by molar-refractivity contribution is 0.590. The SMILES string of the molecule is CC(C)(C)c1ccc(-c2cc(-c3ccc(P(=O)(c4ccccc4)c4ccccc4)cc3)cc(-c3ccccc3)n2)cc1. The van der Waals surface area contributed by atoms with Crippen molar-refractivity contribution in [3.05, 3.63) is 157 Å². The molecule has 0 aliphatic carbocycles. The zero-order valence-corrected chi connectivity index (χ0v) is 25.1. The molecule has 0 aliphatic heterocycles. The molecule has 0 atom stereocenters. The molecule has 0 saturated heterocycles. The summed E-state index contributed by atoms with van der Waals surface area (Å²) >= 11 is 0. The van der Waals surface area contributed by atoms with Crippen LogP contribution in [0.15, 0.2) is 152 Å². The third kappa shape index (κ3) is 5.51. The number of rotatable bonds is 6. The van der Waals surface area contributed by atoms with Gasteiger partial charge in [0.2, 0.25) is 0 Å². The first-order valence-electron chi connectivity index (χ1n) is 14.3. The van der Waals surface area contributed by atoms with Crippen LogP contribution in [0.1, 0.15) is 26.3 Å². The maximum Gasteiger partial charge on any atom is 0.171 e. The third-order valence-electron chi connectivity index (χ3n) is 7.75. The topological polar surface area (TPSA) is 30.0 Å². The highest BCUT2D eigenvalue weighted by Crippen LogP contribution is 2.42. The van der Waals surface area contributed by atoms with Gasteiger partial charge in [-0.25, -0.2) is 4.98 Å². The Bertz CT molecular complexity index is 1800. The molecule has 3 heteroatoms. The molecule has 0 spiro atoms. The summed E-state index contributed by atoms with van der Waals surface area (Å²) in [5, 5.41) is 2.49. The van der Waals surface area contributed by atoms with Crippen LogP contribution in [0, 0.1) is 0 Å². The zero-order chi connectivity index (χ0) is 29.2. The van der Waals surface area contributed by atoms with E-state index in [0.717, 1.165) is 49.6 Å². The molecule has 6 rings (SSSR count). The second kappa shape index (κ2) is 11.4. The van der Waals surface area contributed by atoms with Crippen molar-refractivity contribution >= 4 is 23.1 Å². The molecule has 6 aromatic rings. The molecule has 0 aliphatic rings. The lowest BCUT2D eigenvalue weighted by atomic mass is 9.86. The van der Waals surface area contributed by atoms with E-state index in [1.807, 2.05) is 91.0 Å². The lowest BCUT2D eigenvalue weighted by Crippen LogP contribution is -2.24. The first-order valence-corrected chi connectivity index (χ1v) is 16.0. The largest absolute Gasteiger partial charge is 0.309 e. The highest BCUT2D eigenvalue weighted by atomic mass is 31.2. The summed E-state index contributed by atoms with van der Waals surface area (Å²) in [5.41, 5.74) is 7.50. The monoisotopic (exact) mass is 563 g/mol. The van der Waals surface area contributed by atoms with E-state index >= 15 is 0 Å². The Morgan fingerprint density at radius 1 is 0.452 bits per heavy atom. The fraction of sp³-hybridized carbons (Fsp3) is 0.103. The molecule has 206 valence electrons. The van der Waals surface area contributed by atoms with Gasteiger partial charge in [-0.2, -0.15) is 0 Å². The van der Waals surface area contributed by atoms with Crippen LogP contribution in [-0.4, -0.2) is 4.98 Å². The maximum atomic E-state index is 14.8. The van der Waals surface area contributed by atoms with Crippen molar-refractivity contribution in [2.24, 2.45) is 0 Å². The number of hydrogen-bond donors (Lipinski definition) is 0. The average molecular weight is 564 g/mol. The average Bonchev–Trinajstić information content (AvgIpc) is 3.05. The third-order valence-corrected chi connectivity index (χ3v) is 10.8. The molecule has 0 N–H and O–H groups in total. The predicted molar refractivity (Wildman–Crippen MR) is 179 cm³/mol. The van der Waals surface area contributed by atoms with Crippen molar-refractivity contribution < 1.29 is 4.57 Å². The van der Waals surface area contributed by atoms with Crippen LogP contribution in [0.3, 0.4) is 0 Å². The van der Waals surface area contributed by atoms with Gasteiger partial charge < -0.3 is 4.57 Å². The van der Waals surface area contributed by atoms with Gasteiger partial charge in [0.05, 0.1) is 11.4 Å². The zero-order valence-electron chi connectivity index (χ0n) is 24.2. The number of benzene rings is 5. The van der Waals surface area contributed by atoms with Gasteiger partial charge in [0, 0.05) is 27.0 Å². The molecule has 5 aromatic carbocycles. The Labute approximate surface area is 249 Å². The van der Waals surface area contributed by atoms with Gasteiger partial charge in [0.15, 0.2) is 7.14 Å². The molecule has 42 heavy (non-hydrogen) atoms. The van der Waals surface area contributed by atoms with Crippen LogP contribution in [0.25, 0.3) is 33.6 Å². The van der Waals surface area contributed by atoms with Gasteiger partial charge in [-0.05, 0) is 34.2 Å². The molecule has 0 amide bonds. The van der Waals surface area contributed by atoms with Gasteiger partial charge in [-0.3, -0.25) is 0 Å². The Kier molecular flexibility index (Phi) is 7.50. The van der Waals surface area contributed by atoms with Crippen molar-refractivity contribution in [1.29, 1.82) is 0 Å². The predicted octanol–water partition coefficient (Wildman–Crippen LogP) is 9.02. The van der Waals surface area contributed by atoms with Gasteiger partial charge in [0.1, 0.15) is 0 Å². The van der Waals surface area contributed by atoms with Crippen molar-refractivity contribution in [2.75, 3.05) is 0 Å². The quantitative estimate of drug-likeness (QED) is 0.189. The summed E-state index contributed by atoms with van der Waals surface area (Å²) in [5.74, 6) is 0. The van der Waals surface area contributed by atoms with Crippen LogP contribution in [-0.2, 0) is 9.98 Å². The normalized spacial score (nSPS) is 11.8. The van der Waals surface area contributed by atoms with E-state index in [0.29, 0.717) is 0 Å². The van der Waals surface area contributed by atoms with Crippen molar-refractivity contribution in [3.63, 3.8) is 0 Å². The molecular weight excluding hydrogens is 529 g/mol. The maximum absolute atomic E-state index is 14.8. The number of nitrogens with zero attached hydrogens (tertiary/aromatic N) is 1. The van der Waals surface area contributed by atoms with Gasteiger partial charge >= 0.3 is 0 Å². The van der Waals surface area contributed by atoms with E-state index in [2.05, 4.69) is 81.4 Å². The van der Waals surface area contributed by atoms with E-state index in [4.69, 9.17) is 4.98 Å². The summed E-state index contributed by atoms with van der Waals surface area (Å²) < 4.78 is 14.8. The Hall–Kier alpha value is -4.52. The fourth-order valence-electron chi connectivity index (χ4n) is 5.33. The Morgan fingerprint density at radius 3 is 1.33 bits per heavy atom. The number of pyridine rings is 1. The van der Waals surface area contributed by atoms with Crippen molar-refractivity contribution in [2.45, 2.75) is 26.2 Å². The van der Waals surface area contributed by atoms with Crippen LogP contribution in [0.4, 0.5) is 0 Å². The molecule has 1 heterocycles. The number of hydrogen-bond acceptors (Lipinski definition) is 2. The minimum absolute atomic E-state index is 0.0870. The molecule has 0 unspecified atom stereocenters. The molecule has 0 bridgehead atoms.